The fourth-order valence-electron chi connectivity index (χ4n) is 3.90. The van der Waals surface area contributed by atoms with Crippen LogP contribution >= 0.6 is 11.6 Å². The molecule has 0 bridgehead atoms. The first kappa shape index (κ1) is 24.2. The number of carbonyl (C=O) groups excluding carboxylic acids is 1. The predicted octanol–water partition coefficient (Wildman–Crippen LogP) is 5.77. The van der Waals surface area contributed by atoms with Crippen LogP contribution in [-0.4, -0.2) is 39.3 Å². The average molecular weight is 493 g/mol. The number of hydrogen-bond acceptors (Lipinski definition) is 6. The summed E-state index contributed by atoms with van der Waals surface area (Å²) >= 11 is 6.24. The summed E-state index contributed by atoms with van der Waals surface area (Å²) in [6.45, 7) is 0. The Morgan fingerprint density at radius 1 is 0.857 bits per heavy atom. The summed E-state index contributed by atoms with van der Waals surface area (Å²) in [6.07, 6.45) is 2.15. The molecule has 0 aliphatic carbocycles. The van der Waals surface area contributed by atoms with E-state index < -0.39 is 0 Å². The number of ether oxygens (including phenoxy) is 4. The van der Waals surface area contributed by atoms with Crippen molar-refractivity contribution in [3.05, 3.63) is 82.6 Å². The number of methoxy groups -OCH3 is 4. The van der Waals surface area contributed by atoms with Crippen molar-refractivity contribution < 1.29 is 23.7 Å². The Labute approximate surface area is 208 Å². The van der Waals surface area contributed by atoms with E-state index in [-0.39, 0.29) is 5.91 Å². The summed E-state index contributed by atoms with van der Waals surface area (Å²) in [5.74, 6) is 1.94. The summed E-state index contributed by atoms with van der Waals surface area (Å²) in [4.78, 5) is 17.7. The van der Waals surface area contributed by atoms with Crippen LogP contribution in [-0.2, 0) is 6.42 Å². The highest BCUT2D eigenvalue weighted by molar-refractivity contribution is 6.34. The standard InChI is InChI=1S/C27H25ClN2O5/c1-32-23-12-16-9-10-29-22(19(16)14-25(23)34-3)11-17-13-24(33-2)26(35-4)15-21(17)30-27(31)18-7-5-6-8-20(18)28/h5-10,12-15H,11H2,1-4H3,(H,30,31). The van der Waals surface area contributed by atoms with Crippen LogP contribution in [0.1, 0.15) is 21.6 Å². The third-order valence-corrected chi connectivity index (χ3v) is 6.01. The van der Waals surface area contributed by atoms with Crippen LogP contribution < -0.4 is 24.3 Å². The highest BCUT2D eigenvalue weighted by Crippen LogP contribution is 2.37. The van der Waals surface area contributed by atoms with Crippen LogP contribution in [0.15, 0.2) is 60.8 Å². The predicted molar refractivity (Wildman–Crippen MR) is 137 cm³/mol. The molecule has 0 aliphatic heterocycles. The Kier molecular flexibility index (Phi) is 7.27. The monoisotopic (exact) mass is 492 g/mol. The molecule has 35 heavy (non-hydrogen) atoms. The summed E-state index contributed by atoms with van der Waals surface area (Å²) < 4.78 is 21.9. The lowest BCUT2D eigenvalue weighted by Gasteiger charge is -2.17. The molecule has 4 aromatic rings. The summed E-state index contributed by atoms with van der Waals surface area (Å²) in [5, 5.41) is 5.20. The van der Waals surface area contributed by atoms with Gasteiger partial charge in [-0.15, -0.1) is 0 Å². The van der Waals surface area contributed by atoms with Gasteiger partial charge in [0.25, 0.3) is 5.91 Å². The number of pyridine rings is 1. The summed E-state index contributed by atoms with van der Waals surface area (Å²) in [5.41, 5.74) is 2.52. The minimum Gasteiger partial charge on any atom is -0.493 e. The molecule has 0 atom stereocenters. The van der Waals surface area contributed by atoms with Gasteiger partial charge >= 0.3 is 0 Å². The molecule has 1 aromatic heterocycles. The molecule has 0 fully saturated rings. The van der Waals surface area contributed by atoms with E-state index in [9.17, 15) is 4.79 Å². The van der Waals surface area contributed by atoms with Crippen molar-refractivity contribution in [2.45, 2.75) is 6.42 Å². The zero-order valence-electron chi connectivity index (χ0n) is 19.8. The first-order valence-corrected chi connectivity index (χ1v) is 11.2. The Hall–Kier alpha value is -3.97. The highest BCUT2D eigenvalue weighted by Gasteiger charge is 2.18. The normalized spacial score (nSPS) is 10.7. The van der Waals surface area contributed by atoms with Crippen molar-refractivity contribution in [3.8, 4) is 23.0 Å². The number of amides is 1. The van der Waals surface area contributed by atoms with Gasteiger partial charge in [-0.1, -0.05) is 23.7 Å². The molecule has 0 unspecified atom stereocenters. The molecule has 0 spiro atoms. The van der Waals surface area contributed by atoms with Crippen molar-refractivity contribution in [3.63, 3.8) is 0 Å². The quantitative estimate of drug-likeness (QED) is 0.336. The molecule has 0 aliphatic rings. The van der Waals surface area contributed by atoms with Crippen molar-refractivity contribution in [2.75, 3.05) is 33.8 Å². The van der Waals surface area contributed by atoms with E-state index in [4.69, 9.17) is 30.5 Å². The number of benzene rings is 3. The Bertz CT molecular complexity index is 1390. The van der Waals surface area contributed by atoms with Gasteiger partial charge in [0.1, 0.15) is 0 Å². The molecular weight excluding hydrogens is 468 g/mol. The van der Waals surface area contributed by atoms with Gasteiger partial charge in [0.2, 0.25) is 0 Å². The maximum absolute atomic E-state index is 13.0. The lowest BCUT2D eigenvalue weighted by molar-refractivity contribution is 0.102. The number of anilines is 1. The molecule has 180 valence electrons. The zero-order valence-corrected chi connectivity index (χ0v) is 20.6. The van der Waals surface area contributed by atoms with Crippen molar-refractivity contribution >= 4 is 34.0 Å². The Morgan fingerprint density at radius 3 is 2.17 bits per heavy atom. The van der Waals surface area contributed by atoms with Gasteiger partial charge < -0.3 is 24.3 Å². The fraction of sp³-hybridized carbons (Fsp3) is 0.185. The molecule has 1 amide bonds. The van der Waals surface area contributed by atoms with E-state index >= 15 is 0 Å². The number of rotatable bonds is 8. The SMILES string of the molecule is COc1cc(Cc2nccc3cc(OC)c(OC)cc23)c(NC(=O)c2ccccc2Cl)cc1OC. The topological polar surface area (TPSA) is 78.9 Å². The first-order valence-electron chi connectivity index (χ1n) is 10.8. The lowest BCUT2D eigenvalue weighted by Crippen LogP contribution is -2.14. The molecule has 0 radical (unpaired) electrons. The Balaban J connectivity index is 1.80. The van der Waals surface area contributed by atoms with Crippen LogP contribution in [0, 0.1) is 0 Å². The second kappa shape index (κ2) is 10.5. The van der Waals surface area contributed by atoms with Crippen LogP contribution in [0.25, 0.3) is 10.8 Å². The van der Waals surface area contributed by atoms with Gasteiger partial charge in [0.15, 0.2) is 23.0 Å². The van der Waals surface area contributed by atoms with Crippen molar-refractivity contribution in [2.24, 2.45) is 0 Å². The van der Waals surface area contributed by atoms with E-state index in [0.717, 1.165) is 22.0 Å². The number of carbonyl (C=O) groups is 1. The van der Waals surface area contributed by atoms with Gasteiger partial charge in [-0.3, -0.25) is 9.78 Å². The first-order chi connectivity index (χ1) is 17.0. The maximum atomic E-state index is 13.0. The molecule has 7 nitrogen and oxygen atoms in total. The smallest absolute Gasteiger partial charge is 0.257 e. The second-order valence-corrected chi connectivity index (χ2v) is 8.07. The molecule has 1 heterocycles. The zero-order chi connectivity index (χ0) is 24.9. The van der Waals surface area contributed by atoms with Crippen LogP contribution in [0.2, 0.25) is 5.02 Å². The van der Waals surface area contributed by atoms with Crippen LogP contribution in [0.3, 0.4) is 0 Å². The van der Waals surface area contributed by atoms with E-state index in [1.807, 2.05) is 24.3 Å². The lowest BCUT2D eigenvalue weighted by atomic mass is 10.0. The molecule has 0 saturated heterocycles. The number of nitrogens with one attached hydrogen (secondary N) is 1. The second-order valence-electron chi connectivity index (χ2n) is 7.66. The number of hydrogen-bond donors (Lipinski definition) is 1. The third kappa shape index (κ3) is 4.95. The fourth-order valence-corrected chi connectivity index (χ4v) is 4.12. The third-order valence-electron chi connectivity index (χ3n) is 5.69. The number of halogens is 1. The van der Waals surface area contributed by atoms with Crippen molar-refractivity contribution in [1.82, 2.24) is 4.98 Å². The summed E-state index contributed by atoms with van der Waals surface area (Å²) in [6, 6.07) is 16.2. The minimum absolute atomic E-state index is 0.332. The van der Waals surface area contributed by atoms with E-state index in [1.165, 1.54) is 0 Å². The molecule has 4 rings (SSSR count). The molecule has 8 heteroatoms. The molecule has 1 N–H and O–H groups in total. The van der Waals surface area contributed by atoms with E-state index in [1.54, 1.807) is 65.0 Å². The minimum atomic E-state index is -0.332. The van der Waals surface area contributed by atoms with Gasteiger partial charge in [0.05, 0.1) is 44.7 Å². The molecule has 3 aromatic carbocycles. The van der Waals surface area contributed by atoms with Gasteiger partial charge in [-0.25, -0.2) is 0 Å². The number of fused-ring (bicyclic) bond motifs is 1. The average Bonchev–Trinajstić information content (AvgIpc) is 2.88. The van der Waals surface area contributed by atoms with Gasteiger partial charge in [-0.05, 0) is 47.3 Å². The van der Waals surface area contributed by atoms with Crippen molar-refractivity contribution in [1.29, 1.82) is 0 Å². The van der Waals surface area contributed by atoms with Gasteiger partial charge in [-0.2, -0.15) is 0 Å². The Morgan fingerprint density at radius 2 is 1.49 bits per heavy atom. The van der Waals surface area contributed by atoms with Gasteiger partial charge in [0, 0.05) is 29.8 Å². The molecule has 0 saturated carbocycles. The molecular formula is C27H25ClN2O5. The number of nitrogens with zero attached hydrogens (tertiary/aromatic N) is 1. The largest absolute Gasteiger partial charge is 0.493 e. The highest BCUT2D eigenvalue weighted by atomic mass is 35.5. The van der Waals surface area contributed by atoms with E-state index in [2.05, 4.69) is 10.3 Å². The van der Waals surface area contributed by atoms with Crippen LogP contribution in [0.5, 0.6) is 23.0 Å². The number of aromatic nitrogens is 1. The maximum Gasteiger partial charge on any atom is 0.257 e. The van der Waals surface area contributed by atoms with Crippen LogP contribution in [0.4, 0.5) is 5.69 Å². The van der Waals surface area contributed by atoms with E-state index in [0.29, 0.717) is 45.7 Å². The summed E-state index contributed by atoms with van der Waals surface area (Å²) in [7, 11) is 6.31.